The van der Waals surface area contributed by atoms with Gasteiger partial charge in [-0.25, -0.2) is 14.6 Å². The fourth-order valence-electron chi connectivity index (χ4n) is 2.54. The van der Waals surface area contributed by atoms with Crippen molar-refractivity contribution in [1.29, 1.82) is 0 Å². The van der Waals surface area contributed by atoms with Crippen LogP contribution in [0.2, 0.25) is 0 Å². The van der Waals surface area contributed by atoms with E-state index in [0.29, 0.717) is 17.4 Å². The molecule has 3 heterocycles. The highest BCUT2D eigenvalue weighted by Crippen LogP contribution is 2.33. The summed E-state index contributed by atoms with van der Waals surface area (Å²) in [4.78, 5) is 12.4. The lowest BCUT2D eigenvalue weighted by atomic mass is 10.1. The number of pyridine rings is 2. The molecule has 0 atom stereocenters. The summed E-state index contributed by atoms with van der Waals surface area (Å²) in [5.41, 5.74) is 2.63. The molecule has 128 valence electrons. The summed E-state index contributed by atoms with van der Waals surface area (Å²) >= 11 is 0. The summed E-state index contributed by atoms with van der Waals surface area (Å²) in [6, 6.07) is 13.1. The molecule has 4 aromatic rings. The summed E-state index contributed by atoms with van der Waals surface area (Å²) < 4.78 is 13.1. The Balaban J connectivity index is 1.73. The Morgan fingerprint density at radius 2 is 1.77 bits per heavy atom. The zero-order valence-electron chi connectivity index (χ0n) is 14.0. The molecule has 0 aliphatic rings. The maximum atomic E-state index is 6.07. The Morgan fingerprint density at radius 3 is 2.54 bits per heavy atom. The van der Waals surface area contributed by atoms with E-state index in [1.807, 2.05) is 36.4 Å². The number of benzene rings is 1. The lowest BCUT2D eigenvalue weighted by Crippen LogP contribution is -1.98. The van der Waals surface area contributed by atoms with Crippen LogP contribution in [0, 0.1) is 0 Å². The molecule has 0 spiro atoms. The van der Waals surface area contributed by atoms with Gasteiger partial charge in [0.1, 0.15) is 24.2 Å². The minimum atomic E-state index is 0.497. The predicted molar refractivity (Wildman–Crippen MR) is 95.5 cm³/mol. The van der Waals surface area contributed by atoms with Crippen LogP contribution < -0.4 is 9.47 Å². The molecule has 7 nitrogen and oxygen atoms in total. The Hall–Kier alpha value is -3.74. The van der Waals surface area contributed by atoms with Gasteiger partial charge in [-0.2, -0.15) is 5.10 Å². The molecule has 7 heteroatoms. The molecule has 0 unspecified atom stereocenters. The predicted octanol–water partition coefficient (Wildman–Crippen LogP) is 3.53. The van der Waals surface area contributed by atoms with Crippen molar-refractivity contribution in [3.05, 3.63) is 73.7 Å². The molecule has 0 saturated heterocycles. The molecule has 4 rings (SSSR count). The van der Waals surface area contributed by atoms with Crippen LogP contribution in [-0.4, -0.2) is 31.8 Å². The second-order valence-electron chi connectivity index (χ2n) is 5.40. The van der Waals surface area contributed by atoms with Gasteiger partial charge in [-0.1, -0.05) is 0 Å². The monoisotopic (exact) mass is 345 g/mol. The highest BCUT2D eigenvalue weighted by molar-refractivity contribution is 5.68. The van der Waals surface area contributed by atoms with E-state index in [-0.39, 0.29) is 0 Å². The van der Waals surface area contributed by atoms with Crippen molar-refractivity contribution < 1.29 is 9.47 Å². The van der Waals surface area contributed by atoms with Crippen LogP contribution in [0.15, 0.2) is 73.7 Å². The maximum absolute atomic E-state index is 6.07. The average Bonchev–Trinajstić information content (AvgIpc) is 3.24. The fraction of sp³-hybridized carbons (Fsp3) is 0.0526. The minimum Gasteiger partial charge on any atom is -0.497 e. The molecular weight excluding hydrogens is 330 g/mol. The number of methoxy groups -OCH3 is 1. The quantitative estimate of drug-likeness (QED) is 0.551. The summed E-state index contributed by atoms with van der Waals surface area (Å²) in [7, 11) is 1.60. The molecule has 0 bridgehead atoms. The van der Waals surface area contributed by atoms with Crippen molar-refractivity contribution in [1.82, 2.24) is 24.7 Å². The first-order valence-electron chi connectivity index (χ1n) is 7.91. The molecular formula is C19H15N5O2. The summed E-state index contributed by atoms with van der Waals surface area (Å²) in [5, 5.41) is 4.15. The smallest absolute Gasteiger partial charge is 0.227 e. The summed E-state index contributed by atoms with van der Waals surface area (Å²) in [6.45, 7) is 0. The summed E-state index contributed by atoms with van der Waals surface area (Å²) in [5.74, 6) is 1.73. The van der Waals surface area contributed by atoms with Crippen LogP contribution in [0.3, 0.4) is 0 Å². The number of hydrogen-bond donors (Lipinski definition) is 0. The van der Waals surface area contributed by atoms with Crippen molar-refractivity contribution in [3.8, 4) is 34.2 Å². The van der Waals surface area contributed by atoms with Crippen LogP contribution in [0.1, 0.15) is 0 Å². The Morgan fingerprint density at radius 1 is 0.923 bits per heavy atom. The van der Waals surface area contributed by atoms with E-state index >= 15 is 0 Å². The second-order valence-corrected chi connectivity index (χ2v) is 5.40. The van der Waals surface area contributed by atoms with Gasteiger partial charge in [-0.15, -0.1) is 0 Å². The Labute approximate surface area is 149 Å². The third kappa shape index (κ3) is 3.23. The SMILES string of the molecule is COc1cc(Oc2ncccc2-c2ccncc2)cc(-n2cncn2)c1. The van der Waals surface area contributed by atoms with Crippen molar-refractivity contribution in [3.63, 3.8) is 0 Å². The molecule has 0 N–H and O–H groups in total. The normalized spacial score (nSPS) is 10.5. The topological polar surface area (TPSA) is 75.0 Å². The lowest BCUT2D eigenvalue weighted by Gasteiger charge is -2.12. The number of aromatic nitrogens is 5. The molecule has 3 aromatic heterocycles. The van der Waals surface area contributed by atoms with Crippen LogP contribution in [-0.2, 0) is 0 Å². The molecule has 0 aliphatic heterocycles. The number of hydrogen-bond acceptors (Lipinski definition) is 6. The van der Waals surface area contributed by atoms with Crippen molar-refractivity contribution in [2.24, 2.45) is 0 Å². The van der Waals surface area contributed by atoms with Gasteiger partial charge in [-0.05, 0) is 29.8 Å². The lowest BCUT2D eigenvalue weighted by molar-refractivity contribution is 0.407. The molecule has 1 aromatic carbocycles. The van der Waals surface area contributed by atoms with Gasteiger partial charge in [0.2, 0.25) is 5.88 Å². The van der Waals surface area contributed by atoms with Gasteiger partial charge in [-0.3, -0.25) is 4.98 Å². The zero-order chi connectivity index (χ0) is 17.8. The number of nitrogens with zero attached hydrogens (tertiary/aromatic N) is 5. The van der Waals surface area contributed by atoms with Gasteiger partial charge in [0, 0.05) is 42.4 Å². The first kappa shape index (κ1) is 15.8. The number of rotatable bonds is 5. The molecule has 0 saturated carbocycles. The first-order valence-corrected chi connectivity index (χ1v) is 7.91. The van der Waals surface area contributed by atoms with Crippen LogP contribution >= 0.6 is 0 Å². The van der Waals surface area contributed by atoms with Gasteiger partial charge in [0.05, 0.1) is 12.8 Å². The van der Waals surface area contributed by atoms with E-state index in [1.165, 1.54) is 6.33 Å². The standard InChI is InChI=1S/C19H15N5O2/c1-25-16-9-15(24-13-21-12-23-24)10-17(11-16)26-19-18(3-2-6-22-19)14-4-7-20-8-5-14/h2-13H,1H3. The third-order valence-corrected chi connectivity index (χ3v) is 3.76. The first-order chi connectivity index (χ1) is 12.8. The van der Waals surface area contributed by atoms with Gasteiger partial charge < -0.3 is 9.47 Å². The summed E-state index contributed by atoms with van der Waals surface area (Å²) in [6.07, 6.45) is 8.25. The highest BCUT2D eigenvalue weighted by Gasteiger charge is 2.11. The van der Waals surface area contributed by atoms with Crippen LogP contribution in [0.5, 0.6) is 17.4 Å². The van der Waals surface area contributed by atoms with Gasteiger partial charge in [0.25, 0.3) is 0 Å². The van der Waals surface area contributed by atoms with E-state index < -0.39 is 0 Å². The third-order valence-electron chi connectivity index (χ3n) is 3.76. The average molecular weight is 345 g/mol. The van der Waals surface area contributed by atoms with E-state index in [0.717, 1.165) is 16.8 Å². The van der Waals surface area contributed by atoms with E-state index in [9.17, 15) is 0 Å². The van der Waals surface area contributed by atoms with E-state index in [1.54, 1.807) is 42.8 Å². The van der Waals surface area contributed by atoms with Gasteiger partial charge in [0.15, 0.2) is 0 Å². The number of ether oxygens (including phenoxy) is 2. The second kappa shape index (κ2) is 7.02. The van der Waals surface area contributed by atoms with Crippen LogP contribution in [0.25, 0.3) is 16.8 Å². The zero-order valence-corrected chi connectivity index (χ0v) is 14.0. The highest BCUT2D eigenvalue weighted by atomic mass is 16.5. The van der Waals surface area contributed by atoms with E-state index in [2.05, 4.69) is 20.1 Å². The van der Waals surface area contributed by atoms with Crippen molar-refractivity contribution >= 4 is 0 Å². The largest absolute Gasteiger partial charge is 0.497 e. The van der Waals surface area contributed by atoms with Crippen molar-refractivity contribution in [2.75, 3.05) is 7.11 Å². The maximum Gasteiger partial charge on any atom is 0.227 e. The molecule has 26 heavy (non-hydrogen) atoms. The molecule has 0 radical (unpaired) electrons. The Bertz CT molecular complexity index is 1000. The van der Waals surface area contributed by atoms with Crippen LogP contribution in [0.4, 0.5) is 0 Å². The Kier molecular flexibility index (Phi) is 4.26. The van der Waals surface area contributed by atoms with E-state index in [4.69, 9.17) is 9.47 Å². The minimum absolute atomic E-state index is 0.497. The molecule has 0 amide bonds. The molecule has 0 fully saturated rings. The van der Waals surface area contributed by atoms with Gasteiger partial charge >= 0.3 is 0 Å². The molecule has 0 aliphatic carbocycles. The van der Waals surface area contributed by atoms with Crippen molar-refractivity contribution in [2.45, 2.75) is 0 Å². The fourth-order valence-corrected chi connectivity index (χ4v) is 2.54.